The molecule has 1 aliphatic heterocycles. The lowest BCUT2D eigenvalue weighted by Gasteiger charge is -2.20. The van der Waals surface area contributed by atoms with Gasteiger partial charge in [0, 0.05) is 17.7 Å². The van der Waals surface area contributed by atoms with E-state index in [2.05, 4.69) is 37.0 Å². The van der Waals surface area contributed by atoms with Gasteiger partial charge in [-0.05, 0) is 23.6 Å². The summed E-state index contributed by atoms with van der Waals surface area (Å²) in [7, 11) is 0. The highest BCUT2D eigenvalue weighted by molar-refractivity contribution is 5.47. The minimum absolute atomic E-state index is 0.432. The van der Waals surface area contributed by atoms with Crippen molar-refractivity contribution in [2.45, 2.75) is 26.2 Å². The Balaban J connectivity index is 2.03. The Morgan fingerprint density at radius 2 is 1.88 bits per heavy atom. The zero-order chi connectivity index (χ0) is 11.8. The summed E-state index contributed by atoms with van der Waals surface area (Å²) in [5.41, 5.74) is 3.50. The highest BCUT2D eigenvalue weighted by Crippen LogP contribution is 2.35. The van der Waals surface area contributed by atoms with Gasteiger partial charge >= 0.3 is 0 Å². The lowest BCUT2D eigenvalue weighted by Crippen LogP contribution is -2.06. The molecule has 0 atom stereocenters. The van der Waals surface area contributed by atoms with Crippen LogP contribution in [0.3, 0.4) is 0 Å². The van der Waals surface area contributed by atoms with Crippen LogP contribution in [0, 0.1) is 0 Å². The first kappa shape index (κ1) is 10.3. The first-order chi connectivity index (χ1) is 8.24. The van der Waals surface area contributed by atoms with Crippen molar-refractivity contribution >= 4 is 0 Å². The maximum absolute atomic E-state index is 5.86. The predicted octanol–water partition coefficient (Wildman–Crippen LogP) is 3.90. The number of aromatic nitrogens is 1. The molecule has 3 rings (SSSR count). The monoisotopic (exact) mass is 225 g/mol. The zero-order valence-corrected chi connectivity index (χ0v) is 10.1. The van der Waals surface area contributed by atoms with Crippen LogP contribution in [0.25, 0.3) is 0 Å². The van der Waals surface area contributed by atoms with E-state index in [9.17, 15) is 0 Å². The fourth-order valence-electron chi connectivity index (χ4n) is 2.09. The molecule has 0 saturated carbocycles. The quantitative estimate of drug-likeness (QED) is 0.626. The van der Waals surface area contributed by atoms with Crippen molar-refractivity contribution in [3.8, 4) is 11.6 Å². The maximum atomic E-state index is 5.86. The summed E-state index contributed by atoms with van der Waals surface area (Å²) in [4.78, 5) is 4.59. The highest BCUT2D eigenvalue weighted by atomic mass is 16.5. The van der Waals surface area contributed by atoms with Gasteiger partial charge in [-0.3, -0.25) is 0 Å². The molecule has 0 bridgehead atoms. The van der Waals surface area contributed by atoms with E-state index in [-0.39, 0.29) is 0 Å². The Kier molecular flexibility index (Phi) is 2.36. The third-order valence-electron chi connectivity index (χ3n) is 3.11. The van der Waals surface area contributed by atoms with Gasteiger partial charge in [0.05, 0.1) is 0 Å². The van der Waals surface area contributed by atoms with E-state index in [0.717, 1.165) is 23.7 Å². The number of para-hydroxylation sites is 1. The summed E-state index contributed by atoms with van der Waals surface area (Å²) in [6.45, 7) is 4.29. The van der Waals surface area contributed by atoms with Gasteiger partial charge in [-0.1, -0.05) is 38.1 Å². The molecule has 1 aliphatic rings. The fraction of sp³-hybridized carbons (Fsp3) is 0.267. The number of hydrogen-bond donors (Lipinski definition) is 0. The molecular weight excluding hydrogens is 210 g/mol. The second kappa shape index (κ2) is 3.88. The normalized spacial score (nSPS) is 12.9. The van der Waals surface area contributed by atoms with Gasteiger partial charge in [0.2, 0.25) is 5.88 Å². The van der Waals surface area contributed by atoms with E-state index in [4.69, 9.17) is 4.74 Å². The second-order valence-electron chi connectivity index (χ2n) is 4.74. The molecule has 0 fully saturated rings. The van der Waals surface area contributed by atoms with Crippen molar-refractivity contribution in [1.82, 2.24) is 4.98 Å². The van der Waals surface area contributed by atoms with Crippen LogP contribution in [0.1, 0.15) is 36.6 Å². The van der Waals surface area contributed by atoms with E-state index in [1.807, 2.05) is 18.2 Å². The van der Waals surface area contributed by atoms with Crippen molar-refractivity contribution in [3.05, 3.63) is 53.2 Å². The van der Waals surface area contributed by atoms with Gasteiger partial charge in [-0.15, -0.1) is 0 Å². The fourth-order valence-corrected chi connectivity index (χ4v) is 2.09. The van der Waals surface area contributed by atoms with Gasteiger partial charge in [0.15, 0.2) is 0 Å². The van der Waals surface area contributed by atoms with Crippen molar-refractivity contribution in [2.75, 3.05) is 0 Å². The van der Waals surface area contributed by atoms with Crippen LogP contribution >= 0.6 is 0 Å². The van der Waals surface area contributed by atoms with Crippen LogP contribution < -0.4 is 4.74 Å². The number of rotatable bonds is 1. The van der Waals surface area contributed by atoms with Crippen molar-refractivity contribution in [2.24, 2.45) is 0 Å². The average Bonchev–Trinajstić information content (AvgIpc) is 2.35. The topological polar surface area (TPSA) is 22.1 Å². The van der Waals surface area contributed by atoms with E-state index >= 15 is 0 Å². The van der Waals surface area contributed by atoms with Crippen LogP contribution in [0.5, 0.6) is 11.6 Å². The molecule has 2 aromatic rings. The molecule has 17 heavy (non-hydrogen) atoms. The second-order valence-corrected chi connectivity index (χ2v) is 4.74. The van der Waals surface area contributed by atoms with Crippen molar-refractivity contribution in [1.29, 1.82) is 0 Å². The molecule has 2 heterocycles. The summed E-state index contributed by atoms with van der Waals surface area (Å²) < 4.78 is 5.86. The molecule has 2 nitrogen and oxygen atoms in total. The number of benzene rings is 1. The van der Waals surface area contributed by atoms with Crippen LogP contribution in [0.2, 0.25) is 0 Å². The van der Waals surface area contributed by atoms with Gasteiger partial charge in [-0.2, -0.15) is 0 Å². The van der Waals surface area contributed by atoms with Crippen molar-refractivity contribution < 1.29 is 4.74 Å². The first-order valence-electron chi connectivity index (χ1n) is 5.99. The van der Waals surface area contributed by atoms with E-state index in [1.54, 1.807) is 0 Å². The van der Waals surface area contributed by atoms with Crippen LogP contribution in [-0.4, -0.2) is 4.98 Å². The Labute approximate surface area is 101 Å². The maximum Gasteiger partial charge on any atom is 0.223 e. The first-order valence-corrected chi connectivity index (χ1v) is 5.99. The van der Waals surface area contributed by atoms with E-state index in [1.165, 1.54) is 11.1 Å². The molecule has 0 unspecified atom stereocenters. The van der Waals surface area contributed by atoms with Crippen LogP contribution in [0.15, 0.2) is 36.4 Å². The van der Waals surface area contributed by atoms with Gasteiger partial charge in [0.1, 0.15) is 5.75 Å². The lowest BCUT2D eigenvalue weighted by molar-refractivity contribution is 0.437. The Morgan fingerprint density at radius 3 is 2.71 bits per heavy atom. The molecule has 1 aromatic heterocycles. The predicted molar refractivity (Wildman–Crippen MR) is 67.6 cm³/mol. The van der Waals surface area contributed by atoms with Crippen LogP contribution in [-0.2, 0) is 6.42 Å². The van der Waals surface area contributed by atoms with E-state index in [0.29, 0.717) is 5.92 Å². The standard InChI is InChI=1S/C15H15NO/c1-10(2)13-8-7-12-9-11-5-3-4-6-14(11)17-15(12)16-13/h3-8,10H,9H2,1-2H3. The molecular formula is C15H15NO. The summed E-state index contributed by atoms with van der Waals surface area (Å²) in [6.07, 6.45) is 0.914. The number of ether oxygens (including phenoxy) is 1. The summed E-state index contributed by atoms with van der Waals surface area (Å²) in [5, 5.41) is 0. The Bertz CT molecular complexity index is 561. The zero-order valence-electron chi connectivity index (χ0n) is 10.1. The molecule has 0 amide bonds. The molecule has 0 saturated heterocycles. The SMILES string of the molecule is CC(C)c1ccc2c(n1)Oc1ccccc1C2. The average molecular weight is 225 g/mol. The minimum atomic E-state index is 0.432. The van der Waals surface area contributed by atoms with Gasteiger partial charge in [0.25, 0.3) is 0 Å². The molecule has 0 aliphatic carbocycles. The summed E-state index contributed by atoms with van der Waals surface area (Å²) >= 11 is 0. The lowest BCUT2D eigenvalue weighted by atomic mass is 10.0. The molecule has 0 N–H and O–H groups in total. The van der Waals surface area contributed by atoms with Gasteiger partial charge in [-0.25, -0.2) is 4.98 Å². The van der Waals surface area contributed by atoms with Crippen LogP contribution in [0.4, 0.5) is 0 Å². The summed E-state index contributed by atoms with van der Waals surface area (Å²) in [5.74, 6) is 2.14. The Morgan fingerprint density at radius 1 is 1.06 bits per heavy atom. The minimum Gasteiger partial charge on any atom is -0.438 e. The molecule has 86 valence electrons. The number of hydrogen-bond acceptors (Lipinski definition) is 2. The number of fused-ring (bicyclic) bond motifs is 2. The van der Waals surface area contributed by atoms with Crippen molar-refractivity contribution in [3.63, 3.8) is 0 Å². The number of nitrogens with zero attached hydrogens (tertiary/aromatic N) is 1. The largest absolute Gasteiger partial charge is 0.438 e. The smallest absolute Gasteiger partial charge is 0.223 e. The summed E-state index contributed by atoms with van der Waals surface area (Å²) in [6, 6.07) is 12.4. The third-order valence-corrected chi connectivity index (χ3v) is 3.11. The molecule has 2 heteroatoms. The molecule has 0 radical (unpaired) electrons. The highest BCUT2D eigenvalue weighted by Gasteiger charge is 2.18. The van der Waals surface area contributed by atoms with E-state index < -0.39 is 0 Å². The molecule has 0 spiro atoms. The molecule has 1 aromatic carbocycles. The van der Waals surface area contributed by atoms with Gasteiger partial charge < -0.3 is 4.74 Å². The third kappa shape index (κ3) is 1.80. The number of pyridine rings is 1. The Hall–Kier alpha value is -1.83.